The van der Waals surface area contributed by atoms with Crippen LogP contribution in [0.2, 0.25) is 0 Å². The number of para-hydroxylation sites is 2. The molecular weight excluding hydrogens is 580 g/mol. The molecule has 45 heavy (non-hydrogen) atoms. The molecule has 242 valence electrons. The molecule has 2 aliphatic rings. The van der Waals surface area contributed by atoms with Crippen LogP contribution in [0.5, 0.6) is 11.5 Å². The van der Waals surface area contributed by atoms with E-state index < -0.39 is 35.8 Å². The smallest absolute Gasteiger partial charge is 0.410 e. The van der Waals surface area contributed by atoms with Crippen LogP contribution in [0.1, 0.15) is 33.1 Å². The monoisotopic (exact) mass is 622 g/mol. The first-order valence-corrected chi connectivity index (χ1v) is 14.9. The summed E-state index contributed by atoms with van der Waals surface area (Å²) < 4.78 is 27.9. The number of likely N-dealkylation sites (tertiary alicyclic amines) is 1. The lowest BCUT2D eigenvalue weighted by atomic mass is 9.70. The standard InChI is InChI=1S/C34H42N2O9/c1-5-30(37)42-20-28(19-40-26-13-9-7-10-14-26)44-32(39)36-24-33(3)17-25(18-34(36,4)23-33)35-45-29(22-43-31(38)6-2)21-41-27-15-11-8-12-16-27/h5-16,25,28-29,35H,1-2,17-24H2,3-4H3. The van der Waals surface area contributed by atoms with Crippen molar-refractivity contribution in [1.29, 1.82) is 0 Å². The molecule has 1 aliphatic heterocycles. The lowest BCUT2D eigenvalue weighted by Gasteiger charge is -2.41. The minimum absolute atomic E-state index is 0.00286. The minimum atomic E-state index is -0.834. The highest BCUT2D eigenvalue weighted by Gasteiger charge is 2.56. The molecule has 1 heterocycles. The first-order chi connectivity index (χ1) is 21.6. The summed E-state index contributed by atoms with van der Waals surface area (Å²) in [4.78, 5) is 44.8. The number of carbonyl (C=O) groups is 3. The molecule has 1 N–H and O–H groups in total. The molecule has 1 saturated carbocycles. The van der Waals surface area contributed by atoms with Crippen LogP contribution in [0.3, 0.4) is 0 Å². The molecule has 11 nitrogen and oxygen atoms in total. The fourth-order valence-electron chi connectivity index (χ4n) is 6.04. The van der Waals surface area contributed by atoms with Gasteiger partial charge in [-0.05, 0) is 55.9 Å². The van der Waals surface area contributed by atoms with E-state index in [0.717, 1.165) is 25.0 Å². The second-order valence-corrected chi connectivity index (χ2v) is 12.0. The molecule has 0 aromatic heterocycles. The van der Waals surface area contributed by atoms with Crippen LogP contribution < -0.4 is 15.0 Å². The molecule has 5 atom stereocenters. The third kappa shape index (κ3) is 9.82. The van der Waals surface area contributed by atoms with Gasteiger partial charge in [0.05, 0.1) is 0 Å². The average Bonchev–Trinajstić information content (AvgIpc) is 3.25. The molecule has 4 rings (SSSR count). The van der Waals surface area contributed by atoms with Gasteiger partial charge in [-0.1, -0.05) is 56.5 Å². The summed E-state index contributed by atoms with van der Waals surface area (Å²) in [5.74, 6) is 0.0938. The van der Waals surface area contributed by atoms with Gasteiger partial charge in [0.2, 0.25) is 0 Å². The summed E-state index contributed by atoms with van der Waals surface area (Å²) in [6, 6.07) is 18.3. The van der Waals surface area contributed by atoms with Gasteiger partial charge in [-0.25, -0.2) is 14.4 Å². The Morgan fingerprint density at radius 3 is 1.93 bits per heavy atom. The van der Waals surface area contributed by atoms with Gasteiger partial charge in [-0.15, -0.1) is 0 Å². The minimum Gasteiger partial charge on any atom is -0.491 e. The second-order valence-electron chi connectivity index (χ2n) is 12.0. The van der Waals surface area contributed by atoms with Crippen molar-refractivity contribution in [3.8, 4) is 11.5 Å². The van der Waals surface area contributed by atoms with Gasteiger partial charge in [-0.2, -0.15) is 5.48 Å². The van der Waals surface area contributed by atoms with Gasteiger partial charge in [0.1, 0.15) is 44.0 Å². The van der Waals surface area contributed by atoms with Crippen molar-refractivity contribution in [3.63, 3.8) is 0 Å². The number of nitrogens with one attached hydrogen (secondary N) is 1. The topological polar surface area (TPSA) is 122 Å². The van der Waals surface area contributed by atoms with Gasteiger partial charge in [0, 0.05) is 30.3 Å². The van der Waals surface area contributed by atoms with Crippen LogP contribution in [-0.2, 0) is 28.6 Å². The Balaban J connectivity index is 1.37. The number of nitrogens with zero attached hydrogens (tertiary/aromatic N) is 1. The van der Waals surface area contributed by atoms with Gasteiger partial charge in [0.25, 0.3) is 0 Å². The van der Waals surface area contributed by atoms with Gasteiger partial charge >= 0.3 is 18.0 Å². The fraction of sp³-hybridized carbons (Fsp3) is 0.441. The third-order valence-electron chi connectivity index (χ3n) is 7.83. The van der Waals surface area contributed by atoms with Crippen molar-refractivity contribution in [2.75, 3.05) is 33.0 Å². The Hall–Kier alpha value is -4.35. The number of amides is 1. The maximum absolute atomic E-state index is 13.6. The zero-order chi connectivity index (χ0) is 32.3. The van der Waals surface area contributed by atoms with Gasteiger partial charge in [-0.3, -0.25) is 4.84 Å². The number of rotatable bonds is 16. The lowest BCUT2D eigenvalue weighted by Crippen LogP contribution is -2.51. The van der Waals surface area contributed by atoms with Crippen LogP contribution in [0, 0.1) is 5.41 Å². The Morgan fingerprint density at radius 2 is 1.38 bits per heavy atom. The summed E-state index contributed by atoms with van der Waals surface area (Å²) in [5.41, 5.74) is 2.43. The third-order valence-corrected chi connectivity index (χ3v) is 7.83. The number of carbonyl (C=O) groups excluding carboxylic acids is 3. The van der Waals surface area contributed by atoms with E-state index in [9.17, 15) is 14.4 Å². The molecule has 5 unspecified atom stereocenters. The predicted molar refractivity (Wildman–Crippen MR) is 165 cm³/mol. The first-order valence-electron chi connectivity index (χ1n) is 14.9. The quantitative estimate of drug-likeness (QED) is 0.123. The van der Waals surface area contributed by atoms with Gasteiger partial charge in [0.15, 0.2) is 6.10 Å². The zero-order valence-electron chi connectivity index (χ0n) is 25.9. The fourth-order valence-corrected chi connectivity index (χ4v) is 6.04. The molecule has 2 aromatic carbocycles. The van der Waals surface area contributed by atoms with E-state index in [2.05, 4.69) is 25.6 Å². The predicted octanol–water partition coefficient (Wildman–Crippen LogP) is 4.63. The highest BCUT2D eigenvalue weighted by atomic mass is 16.7. The Bertz CT molecular complexity index is 1310. The van der Waals surface area contributed by atoms with Crippen LogP contribution in [0.25, 0.3) is 0 Å². The van der Waals surface area contributed by atoms with E-state index in [1.165, 1.54) is 0 Å². The maximum Gasteiger partial charge on any atom is 0.410 e. The number of hydrogen-bond donors (Lipinski definition) is 1. The van der Waals surface area contributed by atoms with Gasteiger partial charge < -0.3 is 28.6 Å². The summed E-state index contributed by atoms with van der Waals surface area (Å²) in [5, 5.41) is 0. The van der Waals surface area contributed by atoms with Crippen molar-refractivity contribution in [3.05, 3.63) is 86.0 Å². The number of ether oxygens (including phenoxy) is 5. The molecular formula is C34H42N2O9. The van der Waals surface area contributed by atoms with Crippen molar-refractivity contribution in [2.24, 2.45) is 5.41 Å². The zero-order valence-corrected chi connectivity index (χ0v) is 25.9. The molecule has 1 aliphatic carbocycles. The van der Waals surface area contributed by atoms with E-state index in [1.54, 1.807) is 17.0 Å². The Morgan fingerprint density at radius 1 is 0.844 bits per heavy atom. The van der Waals surface area contributed by atoms with E-state index in [4.69, 9.17) is 28.5 Å². The van der Waals surface area contributed by atoms with E-state index in [-0.39, 0.29) is 37.9 Å². The first kappa shape index (κ1) is 33.5. The molecule has 0 radical (unpaired) electrons. The van der Waals surface area contributed by atoms with Crippen LogP contribution in [0.4, 0.5) is 4.79 Å². The molecule has 1 amide bonds. The molecule has 2 bridgehead atoms. The molecule has 2 fully saturated rings. The van der Waals surface area contributed by atoms with E-state index in [0.29, 0.717) is 24.5 Å². The SMILES string of the molecule is C=CC(=O)OCC(COc1ccccc1)ONC1CC2(C)CN(C(=O)OC(COC(=O)C=C)COc3ccccc3)C(C)(C1)C2. The summed E-state index contributed by atoms with van der Waals surface area (Å²) >= 11 is 0. The normalized spacial score (nSPS) is 23.2. The highest BCUT2D eigenvalue weighted by Crippen LogP contribution is 2.51. The van der Waals surface area contributed by atoms with Crippen LogP contribution in [0.15, 0.2) is 86.0 Å². The van der Waals surface area contributed by atoms with E-state index >= 15 is 0 Å². The second kappa shape index (κ2) is 15.6. The number of benzene rings is 2. The average molecular weight is 623 g/mol. The molecule has 11 heteroatoms. The summed E-state index contributed by atoms with van der Waals surface area (Å²) in [6.07, 6.45) is 2.32. The van der Waals surface area contributed by atoms with Crippen molar-refractivity contribution in [1.82, 2.24) is 10.4 Å². The lowest BCUT2D eigenvalue weighted by molar-refractivity contribution is -0.148. The highest BCUT2D eigenvalue weighted by molar-refractivity contribution is 5.81. The summed E-state index contributed by atoms with van der Waals surface area (Å²) in [6.45, 7) is 11.4. The number of hydroxylamine groups is 1. The number of hydrogen-bond acceptors (Lipinski definition) is 10. The number of fused-ring (bicyclic) bond motifs is 2. The van der Waals surface area contributed by atoms with Crippen LogP contribution in [-0.4, -0.2) is 79.7 Å². The molecule has 0 spiro atoms. The Kier molecular flexibility index (Phi) is 11.6. The van der Waals surface area contributed by atoms with Crippen molar-refractivity contribution >= 4 is 18.0 Å². The summed E-state index contributed by atoms with van der Waals surface area (Å²) in [7, 11) is 0. The van der Waals surface area contributed by atoms with Crippen molar-refractivity contribution in [2.45, 2.75) is 56.9 Å². The molecule has 1 saturated heterocycles. The van der Waals surface area contributed by atoms with E-state index in [1.807, 2.05) is 55.5 Å². The van der Waals surface area contributed by atoms with Crippen molar-refractivity contribution < 1.29 is 42.9 Å². The molecule has 2 aromatic rings. The number of esters is 2. The largest absolute Gasteiger partial charge is 0.491 e. The Labute approximate surface area is 264 Å². The van der Waals surface area contributed by atoms with Crippen LogP contribution >= 0.6 is 0 Å². The maximum atomic E-state index is 13.6.